The lowest BCUT2D eigenvalue weighted by atomic mass is 10.1. The zero-order chi connectivity index (χ0) is 15.6. The molecule has 3 N–H and O–H groups in total. The molecular formula is C15H20N4O2. The van der Waals surface area contributed by atoms with E-state index in [1.54, 1.807) is 21.1 Å². The lowest BCUT2D eigenvalue weighted by Gasteiger charge is -2.15. The Morgan fingerprint density at radius 2 is 2.00 bits per heavy atom. The number of methoxy groups -OCH3 is 1. The van der Waals surface area contributed by atoms with Crippen LogP contribution in [0.15, 0.2) is 24.3 Å². The van der Waals surface area contributed by atoms with Crippen LogP contribution in [0.2, 0.25) is 0 Å². The molecule has 0 radical (unpaired) electrons. The molecule has 1 atom stereocenters. The summed E-state index contributed by atoms with van der Waals surface area (Å²) in [6.45, 7) is 3.69. The molecular weight excluding hydrogens is 268 g/mol. The number of nitrogens with zero attached hydrogens (tertiary/aromatic N) is 2. The third kappa shape index (κ3) is 2.99. The minimum atomic E-state index is -0.237. The maximum Gasteiger partial charge on any atom is 0.272 e. The molecule has 0 saturated heterocycles. The molecule has 1 aromatic heterocycles. The van der Waals surface area contributed by atoms with E-state index in [-0.39, 0.29) is 11.9 Å². The Kier molecular flexibility index (Phi) is 4.16. The van der Waals surface area contributed by atoms with Crippen molar-refractivity contribution in [1.29, 1.82) is 0 Å². The molecule has 1 amide bonds. The minimum absolute atomic E-state index is 0.141. The number of nitrogen functional groups attached to an aromatic ring is 1. The van der Waals surface area contributed by atoms with Crippen LogP contribution in [0.3, 0.4) is 0 Å². The molecule has 112 valence electrons. The number of hydrogen-bond acceptors (Lipinski definition) is 4. The normalized spacial score (nSPS) is 12.0. The smallest absolute Gasteiger partial charge is 0.272 e. The van der Waals surface area contributed by atoms with Gasteiger partial charge in [-0.1, -0.05) is 12.1 Å². The number of hydrogen-bond donors (Lipinski definition) is 2. The van der Waals surface area contributed by atoms with Crippen LogP contribution in [-0.2, 0) is 7.05 Å². The summed E-state index contributed by atoms with van der Waals surface area (Å²) in [4.78, 5) is 12.3. The van der Waals surface area contributed by atoms with E-state index in [4.69, 9.17) is 10.5 Å². The maximum atomic E-state index is 12.3. The van der Waals surface area contributed by atoms with Crippen molar-refractivity contribution >= 4 is 11.6 Å². The molecule has 2 aromatic rings. The number of amides is 1. The monoisotopic (exact) mass is 288 g/mol. The largest absolute Gasteiger partial charge is 0.497 e. The summed E-state index contributed by atoms with van der Waals surface area (Å²) < 4.78 is 6.62. The van der Waals surface area contributed by atoms with Gasteiger partial charge in [0.15, 0.2) is 0 Å². The van der Waals surface area contributed by atoms with Gasteiger partial charge in [0.05, 0.1) is 24.5 Å². The van der Waals surface area contributed by atoms with Crippen molar-refractivity contribution in [2.45, 2.75) is 19.9 Å². The number of nitrogens with one attached hydrogen (secondary N) is 1. The molecule has 2 rings (SSSR count). The van der Waals surface area contributed by atoms with Gasteiger partial charge in [-0.15, -0.1) is 0 Å². The molecule has 0 aliphatic rings. The van der Waals surface area contributed by atoms with Crippen molar-refractivity contribution in [3.05, 3.63) is 41.2 Å². The summed E-state index contributed by atoms with van der Waals surface area (Å²) in [5.74, 6) is 0.544. The SMILES string of the molecule is COc1ccc(C(C)NC(=O)c2c(N)c(C)nn2C)cc1. The van der Waals surface area contributed by atoms with E-state index < -0.39 is 0 Å². The standard InChI is InChI=1S/C15H20N4O2/c1-9(11-5-7-12(21-4)8-6-11)17-15(20)14-13(16)10(2)18-19(14)3/h5-9H,16H2,1-4H3,(H,17,20). The first-order valence-corrected chi connectivity index (χ1v) is 6.68. The van der Waals surface area contributed by atoms with Crippen LogP contribution in [0.4, 0.5) is 5.69 Å². The van der Waals surface area contributed by atoms with Crippen LogP contribution in [0.5, 0.6) is 5.75 Å². The van der Waals surface area contributed by atoms with Crippen LogP contribution in [-0.4, -0.2) is 22.8 Å². The predicted octanol–water partition coefficient (Wildman–Crippen LogP) is 1.81. The van der Waals surface area contributed by atoms with Gasteiger partial charge in [0.2, 0.25) is 0 Å². The molecule has 6 heteroatoms. The Morgan fingerprint density at radius 3 is 2.48 bits per heavy atom. The Labute approximate surface area is 123 Å². The quantitative estimate of drug-likeness (QED) is 0.899. The average Bonchev–Trinajstić information content (AvgIpc) is 2.72. The summed E-state index contributed by atoms with van der Waals surface area (Å²) in [5.41, 5.74) is 8.33. The van der Waals surface area contributed by atoms with Gasteiger partial charge >= 0.3 is 0 Å². The predicted molar refractivity (Wildman–Crippen MR) is 81.2 cm³/mol. The van der Waals surface area contributed by atoms with Gasteiger partial charge < -0.3 is 15.8 Å². The first kappa shape index (κ1) is 14.9. The summed E-state index contributed by atoms with van der Waals surface area (Å²) >= 11 is 0. The van der Waals surface area contributed by atoms with Crippen LogP contribution in [0.1, 0.15) is 34.7 Å². The zero-order valence-corrected chi connectivity index (χ0v) is 12.7. The lowest BCUT2D eigenvalue weighted by Crippen LogP contribution is -2.29. The summed E-state index contributed by atoms with van der Waals surface area (Å²) in [5, 5.41) is 7.07. The summed E-state index contributed by atoms with van der Waals surface area (Å²) in [6.07, 6.45) is 0. The zero-order valence-electron chi connectivity index (χ0n) is 12.7. The van der Waals surface area contributed by atoms with Crippen LogP contribution in [0.25, 0.3) is 0 Å². The molecule has 1 unspecified atom stereocenters. The molecule has 1 heterocycles. The highest BCUT2D eigenvalue weighted by molar-refractivity contribution is 5.98. The molecule has 0 aliphatic carbocycles. The molecule has 0 fully saturated rings. The Morgan fingerprint density at radius 1 is 1.38 bits per heavy atom. The highest BCUT2D eigenvalue weighted by atomic mass is 16.5. The van der Waals surface area contributed by atoms with Gasteiger partial charge in [0.1, 0.15) is 11.4 Å². The fourth-order valence-corrected chi connectivity index (χ4v) is 2.18. The van der Waals surface area contributed by atoms with Crippen molar-refractivity contribution in [3.63, 3.8) is 0 Å². The second-order valence-electron chi connectivity index (χ2n) is 4.94. The van der Waals surface area contributed by atoms with Crippen LogP contribution in [0, 0.1) is 6.92 Å². The van der Waals surface area contributed by atoms with E-state index in [0.29, 0.717) is 17.1 Å². The fourth-order valence-electron chi connectivity index (χ4n) is 2.18. The highest BCUT2D eigenvalue weighted by Gasteiger charge is 2.19. The second-order valence-corrected chi connectivity index (χ2v) is 4.94. The Hall–Kier alpha value is -2.50. The van der Waals surface area contributed by atoms with E-state index in [2.05, 4.69) is 10.4 Å². The molecule has 6 nitrogen and oxygen atoms in total. The minimum Gasteiger partial charge on any atom is -0.497 e. The number of benzene rings is 1. The van der Waals surface area contributed by atoms with E-state index in [1.807, 2.05) is 31.2 Å². The number of aryl methyl sites for hydroxylation is 2. The van der Waals surface area contributed by atoms with E-state index in [1.165, 1.54) is 4.68 Å². The van der Waals surface area contributed by atoms with Gasteiger partial charge in [-0.25, -0.2) is 0 Å². The molecule has 1 aromatic carbocycles. The third-order valence-electron chi connectivity index (χ3n) is 3.45. The average molecular weight is 288 g/mol. The van der Waals surface area contributed by atoms with Crippen molar-refractivity contribution in [2.75, 3.05) is 12.8 Å². The number of carbonyl (C=O) groups excluding carboxylic acids is 1. The Bertz CT molecular complexity index is 646. The number of carbonyl (C=O) groups is 1. The number of nitrogens with two attached hydrogens (primary N) is 1. The Balaban J connectivity index is 2.14. The molecule has 0 spiro atoms. The van der Waals surface area contributed by atoms with Crippen molar-refractivity contribution < 1.29 is 9.53 Å². The van der Waals surface area contributed by atoms with Gasteiger partial charge in [0.25, 0.3) is 5.91 Å². The topological polar surface area (TPSA) is 82.2 Å². The number of anilines is 1. The van der Waals surface area contributed by atoms with Gasteiger partial charge in [-0.05, 0) is 31.5 Å². The summed E-state index contributed by atoms with van der Waals surface area (Å²) in [7, 11) is 3.32. The van der Waals surface area contributed by atoms with Crippen molar-refractivity contribution in [1.82, 2.24) is 15.1 Å². The number of ether oxygens (including phenoxy) is 1. The van der Waals surface area contributed by atoms with E-state index in [9.17, 15) is 4.79 Å². The molecule has 21 heavy (non-hydrogen) atoms. The van der Waals surface area contributed by atoms with Gasteiger partial charge in [0, 0.05) is 7.05 Å². The number of aromatic nitrogens is 2. The van der Waals surface area contributed by atoms with Crippen LogP contribution < -0.4 is 15.8 Å². The molecule has 0 bridgehead atoms. The molecule has 0 aliphatic heterocycles. The fraction of sp³-hybridized carbons (Fsp3) is 0.333. The van der Waals surface area contributed by atoms with Crippen LogP contribution >= 0.6 is 0 Å². The first-order valence-electron chi connectivity index (χ1n) is 6.68. The second kappa shape index (κ2) is 5.87. The van der Waals surface area contributed by atoms with Gasteiger partial charge in [-0.2, -0.15) is 5.10 Å². The van der Waals surface area contributed by atoms with E-state index in [0.717, 1.165) is 11.3 Å². The summed E-state index contributed by atoms with van der Waals surface area (Å²) in [6, 6.07) is 7.42. The van der Waals surface area contributed by atoms with Crippen molar-refractivity contribution in [3.8, 4) is 5.75 Å². The molecule has 0 saturated carbocycles. The highest BCUT2D eigenvalue weighted by Crippen LogP contribution is 2.19. The van der Waals surface area contributed by atoms with Gasteiger partial charge in [-0.3, -0.25) is 9.48 Å². The van der Waals surface area contributed by atoms with Crippen molar-refractivity contribution in [2.24, 2.45) is 7.05 Å². The first-order chi connectivity index (χ1) is 9.93. The maximum absolute atomic E-state index is 12.3. The lowest BCUT2D eigenvalue weighted by molar-refractivity contribution is 0.0931. The van der Waals surface area contributed by atoms with E-state index >= 15 is 0 Å². The third-order valence-corrected chi connectivity index (χ3v) is 3.45. The number of rotatable bonds is 4.